The first-order chi connectivity index (χ1) is 9.60. The summed E-state index contributed by atoms with van der Waals surface area (Å²) >= 11 is 1.90. The van der Waals surface area contributed by atoms with Gasteiger partial charge in [0.15, 0.2) is 0 Å². The molecule has 3 atom stereocenters. The number of thioether (sulfide) groups is 1. The number of hydrogen-bond donors (Lipinski definition) is 2. The highest BCUT2D eigenvalue weighted by Crippen LogP contribution is 2.28. The molecule has 1 aliphatic carbocycles. The van der Waals surface area contributed by atoms with Crippen LogP contribution >= 0.6 is 11.8 Å². The third-order valence-electron chi connectivity index (χ3n) is 3.81. The Morgan fingerprint density at radius 3 is 2.70 bits per heavy atom. The van der Waals surface area contributed by atoms with Gasteiger partial charge in [0, 0.05) is 30.0 Å². The van der Waals surface area contributed by atoms with Crippen LogP contribution in [0.3, 0.4) is 0 Å². The van der Waals surface area contributed by atoms with Gasteiger partial charge in [-0.25, -0.2) is 0 Å². The molecule has 1 aliphatic rings. The van der Waals surface area contributed by atoms with E-state index in [1.165, 1.54) is 18.6 Å². The molecular weight excluding hydrogens is 276 g/mol. The molecule has 0 saturated heterocycles. The molecular formula is C14H20N2O3S. The van der Waals surface area contributed by atoms with Crippen molar-refractivity contribution in [2.75, 3.05) is 12.8 Å². The zero-order chi connectivity index (χ0) is 14.5. The van der Waals surface area contributed by atoms with E-state index in [9.17, 15) is 15.2 Å². The Morgan fingerprint density at radius 1 is 1.45 bits per heavy atom. The van der Waals surface area contributed by atoms with Crippen molar-refractivity contribution >= 4 is 17.4 Å². The van der Waals surface area contributed by atoms with E-state index in [4.69, 9.17) is 0 Å². The van der Waals surface area contributed by atoms with Gasteiger partial charge in [0.1, 0.15) is 0 Å². The molecule has 2 N–H and O–H groups in total. The van der Waals surface area contributed by atoms with Gasteiger partial charge < -0.3 is 10.4 Å². The van der Waals surface area contributed by atoms with E-state index >= 15 is 0 Å². The second-order valence-electron chi connectivity index (χ2n) is 5.14. The Balaban J connectivity index is 1.82. The predicted octanol–water partition coefficient (Wildman–Crippen LogP) is 2.50. The lowest BCUT2D eigenvalue weighted by Crippen LogP contribution is -2.31. The number of nitro benzene ring substituents is 1. The Morgan fingerprint density at radius 2 is 2.15 bits per heavy atom. The Bertz CT molecular complexity index is 452. The van der Waals surface area contributed by atoms with Crippen molar-refractivity contribution in [2.45, 2.75) is 36.7 Å². The number of nitrogens with one attached hydrogen (secondary N) is 1. The first-order valence-corrected chi connectivity index (χ1v) is 8.07. The molecule has 0 amide bonds. The number of nitro groups is 1. The summed E-state index contributed by atoms with van der Waals surface area (Å²) < 4.78 is 0. The molecule has 1 aromatic carbocycles. The Kier molecular flexibility index (Phi) is 5.39. The van der Waals surface area contributed by atoms with Crippen LogP contribution in [0, 0.1) is 10.1 Å². The molecule has 0 aromatic heterocycles. The fourth-order valence-corrected chi connectivity index (χ4v) is 3.35. The highest BCUT2D eigenvalue weighted by atomic mass is 32.2. The third kappa shape index (κ3) is 3.94. The minimum Gasteiger partial charge on any atom is -0.387 e. The Hall–Kier alpha value is -1.11. The normalized spacial score (nSPS) is 23.7. The summed E-state index contributed by atoms with van der Waals surface area (Å²) in [6, 6.07) is 6.56. The molecule has 110 valence electrons. The minimum atomic E-state index is -0.621. The summed E-state index contributed by atoms with van der Waals surface area (Å²) in [6.45, 7) is 0.490. The van der Waals surface area contributed by atoms with Crippen molar-refractivity contribution in [1.82, 2.24) is 5.32 Å². The van der Waals surface area contributed by atoms with Gasteiger partial charge in [-0.3, -0.25) is 10.1 Å². The third-order valence-corrected chi connectivity index (χ3v) is 4.90. The smallest absolute Gasteiger partial charge is 0.269 e. The van der Waals surface area contributed by atoms with E-state index in [1.54, 1.807) is 12.1 Å². The average Bonchev–Trinajstić information content (AvgIpc) is 2.93. The highest BCUT2D eigenvalue weighted by molar-refractivity contribution is 7.99. The van der Waals surface area contributed by atoms with E-state index in [1.807, 2.05) is 11.8 Å². The van der Waals surface area contributed by atoms with Crippen LogP contribution in [-0.2, 0) is 0 Å². The van der Waals surface area contributed by atoms with Crippen molar-refractivity contribution in [1.29, 1.82) is 0 Å². The lowest BCUT2D eigenvalue weighted by atomic mass is 10.1. The van der Waals surface area contributed by atoms with E-state index in [0.717, 1.165) is 18.1 Å². The van der Waals surface area contributed by atoms with E-state index < -0.39 is 11.0 Å². The van der Waals surface area contributed by atoms with Crippen LogP contribution < -0.4 is 5.32 Å². The van der Waals surface area contributed by atoms with Crippen LogP contribution in [0.2, 0.25) is 0 Å². The highest BCUT2D eigenvalue weighted by Gasteiger charge is 2.24. The molecule has 1 aromatic rings. The summed E-state index contributed by atoms with van der Waals surface area (Å²) in [5.74, 6) is 0. The minimum absolute atomic E-state index is 0.0486. The van der Waals surface area contributed by atoms with E-state index in [0.29, 0.717) is 18.2 Å². The maximum absolute atomic E-state index is 10.6. The van der Waals surface area contributed by atoms with Crippen LogP contribution in [0.15, 0.2) is 24.3 Å². The molecule has 0 radical (unpaired) electrons. The van der Waals surface area contributed by atoms with Crippen LogP contribution in [0.25, 0.3) is 0 Å². The number of nitrogens with zero attached hydrogens (tertiary/aromatic N) is 1. The maximum Gasteiger partial charge on any atom is 0.269 e. The number of hydrogen-bond acceptors (Lipinski definition) is 5. The predicted molar refractivity (Wildman–Crippen MR) is 81.0 cm³/mol. The van der Waals surface area contributed by atoms with Crippen LogP contribution in [-0.4, -0.2) is 34.1 Å². The summed E-state index contributed by atoms with van der Waals surface area (Å²) in [7, 11) is 0. The van der Waals surface area contributed by atoms with Gasteiger partial charge >= 0.3 is 0 Å². The number of non-ortho nitro benzene ring substituents is 1. The Labute approximate surface area is 122 Å². The van der Waals surface area contributed by atoms with Gasteiger partial charge in [-0.2, -0.15) is 11.8 Å². The van der Waals surface area contributed by atoms with Crippen molar-refractivity contribution in [2.24, 2.45) is 0 Å². The summed E-state index contributed by atoms with van der Waals surface area (Å²) in [6.07, 6.45) is 5.04. The summed E-state index contributed by atoms with van der Waals surface area (Å²) in [4.78, 5) is 10.1. The SMILES string of the molecule is CSC1CCC(NCC(O)c2ccc([N+](=O)[O-])cc2)C1. The van der Waals surface area contributed by atoms with Crippen LogP contribution in [0.1, 0.15) is 30.9 Å². The zero-order valence-corrected chi connectivity index (χ0v) is 12.3. The number of rotatable bonds is 6. The monoisotopic (exact) mass is 296 g/mol. The lowest BCUT2D eigenvalue weighted by molar-refractivity contribution is -0.384. The first-order valence-electron chi connectivity index (χ1n) is 6.78. The second-order valence-corrected chi connectivity index (χ2v) is 6.28. The zero-order valence-electron chi connectivity index (χ0n) is 11.5. The van der Waals surface area contributed by atoms with E-state index in [2.05, 4.69) is 11.6 Å². The van der Waals surface area contributed by atoms with Gasteiger partial charge in [-0.05, 0) is 43.2 Å². The number of aliphatic hydroxyl groups excluding tert-OH is 1. The van der Waals surface area contributed by atoms with Gasteiger partial charge in [0.05, 0.1) is 11.0 Å². The molecule has 20 heavy (non-hydrogen) atoms. The van der Waals surface area contributed by atoms with Crippen molar-refractivity contribution in [3.8, 4) is 0 Å². The fourth-order valence-electron chi connectivity index (χ4n) is 2.55. The molecule has 0 spiro atoms. The average molecular weight is 296 g/mol. The van der Waals surface area contributed by atoms with Crippen molar-refractivity contribution in [3.63, 3.8) is 0 Å². The standard InChI is InChI=1S/C14H20N2O3S/c1-20-13-7-4-11(8-13)15-9-14(17)10-2-5-12(6-3-10)16(18)19/h2-3,5-6,11,13-15,17H,4,7-9H2,1H3. The molecule has 5 nitrogen and oxygen atoms in total. The summed E-state index contributed by atoms with van der Waals surface area (Å²) in [5, 5.41) is 24.8. The van der Waals surface area contributed by atoms with Gasteiger partial charge in [0.25, 0.3) is 5.69 Å². The maximum atomic E-state index is 10.6. The second kappa shape index (κ2) is 7.06. The summed E-state index contributed by atoms with van der Waals surface area (Å²) in [5.41, 5.74) is 0.759. The quantitative estimate of drug-likeness (QED) is 0.623. The largest absolute Gasteiger partial charge is 0.387 e. The van der Waals surface area contributed by atoms with Crippen molar-refractivity contribution in [3.05, 3.63) is 39.9 Å². The molecule has 1 saturated carbocycles. The molecule has 0 aliphatic heterocycles. The van der Waals surface area contributed by atoms with Crippen LogP contribution in [0.4, 0.5) is 5.69 Å². The van der Waals surface area contributed by atoms with Crippen molar-refractivity contribution < 1.29 is 10.0 Å². The topological polar surface area (TPSA) is 75.4 Å². The first kappa shape index (κ1) is 15.3. The fraction of sp³-hybridized carbons (Fsp3) is 0.571. The van der Waals surface area contributed by atoms with Gasteiger partial charge in [-0.15, -0.1) is 0 Å². The van der Waals surface area contributed by atoms with Crippen LogP contribution in [0.5, 0.6) is 0 Å². The number of benzene rings is 1. The van der Waals surface area contributed by atoms with E-state index in [-0.39, 0.29) is 5.69 Å². The van der Waals surface area contributed by atoms with Gasteiger partial charge in [0.2, 0.25) is 0 Å². The molecule has 6 heteroatoms. The molecule has 0 bridgehead atoms. The molecule has 2 rings (SSSR count). The molecule has 3 unspecified atom stereocenters. The van der Waals surface area contributed by atoms with Gasteiger partial charge in [-0.1, -0.05) is 0 Å². The number of aliphatic hydroxyl groups is 1. The molecule has 1 fully saturated rings. The molecule has 0 heterocycles. The lowest BCUT2D eigenvalue weighted by Gasteiger charge is -2.16.